The third-order valence-corrected chi connectivity index (χ3v) is 8.26. The van der Waals surface area contributed by atoms with Crippen molar-refractivity contribution in [1.82, 2.24) is 4.98 Å². The molecule has 0 bridgehead atoms. The fraction of sp³-hybridized carbons (Fsp3) is 0.676. The molecule has 0 aliphatic heterocycles. The van der Waals surface area contributed by atoms with Gasteiger partial charge in [0.2, 0.25) is 0 Å². The number of aryl methyl sites for hydroxylation is 1. The minimum Gasteiger partial charge on any atom is -0.494 e. The zero-order valence-corrected chi connectivity index (χ0v) is 23.5. The second-order valence-electron chi connectivity index (χ2n) is 11.3. The third-order valence-electron chi connectivity index (χ3n) is 8.26. The van der Waals surface area contributed by atoms with Crippen LogP contribution in [-0.2, 0) is 6.42 Å². The van der Waals surface area contributed by atoms with Crippen molar-refractivity contribution in [3.8, 4) is 17.0 Å². The van der Waals surface area contributed by atoms with Crippen molar-refractivity contribution in [2.75, 3.05) is 6.61 Å². The average molecular weight is 492 g/mol. The van der Waals surface area contributed by atoms with E-state index in [1.807, 2.05) is 0 Å². The lowest BCUT2D eigenvalue weighted by Crippen LogP contribution is -2.15. The molecule has 0 N–H and O–H groups in total. The zero-order chi connectivity index (χ0) is 25.3. The highest BCUT2D eigenvalue weighted by Gasteiger charge is 2.20. The van der Waals surface area contributed by atoms with Gasteiger partial charge in [0.1, 0.15) is 5.75 Å². The van der Waals surface area contributed by atoms with E-state index in [2.05, 4.69) is 56.4 Å². The number of aromatic nitrogens is 1. The predicted octanol–water partition coefficient (Wildman–Crippen LogP) is 10.6. The third kappa shape index (κ3) is 11.1. The standard InChI is InChI=1S/C34H53NO/c1-3-5-7-9-10-12-14-29-15-17-30(18-16-29)19-20-31-21-26-34(35-28-31)32-22-24-33(25-23-32)36-27-13-11-8-6-4-2/h21-26,28-30H,3-20,27H2,1-2H3. The molecule has 1 heterocycles. The highest BCUT2D eigenvalue weighted by Crippen LogP contribution is 2.34. The number of unbranched alkanes of at least 4 members (excludes halogenated alkanes) is 9. The maximum Gasteiger partial charge on any atom is 0.119 e. The van der Waals surface area contributed by atoms with E-state index < -0.39 is 0 Å². The van der Waals surface area contributed by atoms with Crippen LogP contribution in [0.2, 0.25) is 0 Å². The summed E-state index contributed by atoms with van der Waals surface area (Å²) in [5, 5.41) is 0. The van der Waals surface area contributed by atoms with Gasteiger partial charge in [-0.1, -0.05) is 116 Å². The van der Waals surface area contributed by atoms with Crippen LogP contribution in [0.5, 0.6) is 5.75 Å². The number of hydrogen-bond donors (Lipinski definition) is 0. The molecule has 1 aromatic carbocycles. The minimum atomic E-state index is 0.816. The summed E-state index contributed by atoms with van der Waals surface area (Å²) in [5.74, 6) is 2.90. The summed E-state index contributed by atoms with van der Waals surface area (Å²) in [4.78, 5) is 4.78. The van der Waals surface area contributed by atoms with Crippen LogP contribution in [0.1, 0.15) is 129 Å². The second-order valence-corrected chi connectivity index (χ2v) is 11.3. The van der Waals surface area contributed by atoms with Crippen LogP contribution in [0.15, 0.2) is 42.6 Å². The van der Waals surface area contributed by atoms with Gasteiger partial charge in [0, 0.05) is 11.8 Å². The molecule has 0 amide bonds. The molecule has 0 saturated heterocycles. The summed E-state index contributed by atoms with van der Waals surface area (Å²) < 4.78 is 5.91. The molecule has 2 nitrogen and oxygen atoms in total. The smallest absolute Gasteiger partial charge is 0.119 e. The number of nitrogens with zero attached hydrogens (tertiary/aromatic N) is 1. The number of rotatable bonds is 18. The zero-order valence-electron chi connectivity index (χ0n) is 23.5. The summed E-state index contributed by atoms with van der Waals surface area (Å²) in [6.45, 7) is 5.37. The average Bonchev–Trinajstić information content (AvgIpc) is 2.93. The number of benzene rings is 1. The van der Waals surface area contributed by atoms with Crippen molar-refractivity contribution >= 4 is 0 Å². The monoisotopic (exact) mass is 491 g/mol. The maximum atomic E-state index is 5.91. The Balaban J connectivity index is 1.30. The quantitative estimate of drug-likeness (QED) is 0.193. The van der Waals surface area contributed by atoms with Crippen molar-refractivity contribution in [2.24, 2.45) is 11.8 Å². The Kier molecular flexibility index (Phi) is 14.0. The topological polar surface area (TPSA) is 22.1 Å². The van der Waals surface area contributed by atoms with Crippen molar-refractivity contribution in [3.63, 3.8) is 0 Å². The molecule has 2 heteroatoms. The Hall–Kier alpha value is -1.83. The van der Waals surface area contributed by atoms with Crippen LogP contribution in [0.25, 0.3) is 11.3 Å². The normalized spacial score (nSPS) is 17.8. The van der Waals surface area contributed by atoms with E-state index in [1.165, 1.54) is 120 Å². The fourth-order valence-electron chi connectivity index (χ4n) is 5.75. The number of hydrogen-bond acceptors (Lipinski definition) is 2. The first-order valence-corrected chi connectivity index (χ1v) is 15.5. The Morgan fingerprint density at radius 3 is 1.92 bits per heavy atom. The highest BCUT2D eigenvalue weighted by atomic mass is 16.5. The lowest BCUT2D eigenvalue weighted by atomic mass is 9.78. The molecular weight excluding hydrogens is 438 g/mol. The first-order valence-electron chi connectivity index (χ1n) is 15.5. The van der Waals surface area contributed by atoms with E-state index >= 15 is 0 Å². The Morgan fingerprint density at radius 2 is 1.28 bits per heavy atom. The SMILES string of the molecule is CCCCCCCCC1CCC(CCc2ccc(-c3ccc(OCCCCCCC)cc3)nc2)CC1. The van der Waals surface area contributed by atoms with E-state index in [4.69, 9.17) is 9.72 Å². The van der Waals surface area contributed by atoms with Crippen molar-refractivity contribution in [2.45, 2.75) is 129 Å². The molecule has 200 valence electrons. The van der Waals surface area contributed by atoms with Crippen molar-refractivity contribution in [3.05, 3.63) is 48.2 Å². The Labute approximate surface area is 222 Å². The van der Waals surface area contributed by atoms with E-state index in [9.17, 15) is 0 Å². The first kappa shape index (κ1) is 28.7. The van der Waals surface area contributed by atoms with E-state index in [0.29, 0.717) is 0 Å². The molecule has 0 atom stereocenters. The molecule has 1 fully saturated rings. The van der Waals surface area contributed by atoms with E-state index in [1.54, 1.807) is 0 Å². The van der Waals surface area contributed by atoms with Gasteiger partial charge in [0.05, 0.1) is 12.3 Å². The van der Waals surface area contributed by atoms with Gasteiger partial charge in [-0.3, -0.25) is 4.98 Å². The predicted molar refractivity (Wildman–Crippen MR) is 156 cm³/mol. The summed E-state index contributed by atoms with van der Waals surface area (Å²) in [6, 6.07) is 12.9. The summed E-state index contributed by atoms with van der Waals surface area (Å²) >= 11 is 0. The van der Waals surface area contributed by atoms with E-state index in [0.717, 1.165) is 36.3 Å². The van der Waals surface area contributed by atoms with Crippen LogP contribution in [0.3, 0.4) is 0 Å². The van der Waals surface area contributed by atoms with Crippen LogP contribution < -0.4 is 4.74 Å². The van der Waals surface area contributed by atoms with Gasteiger partial charge in [-0.15, -0.1) is 0 Å². The Bertz CT molecular complexity index is 789. The molecule has 0 spiro atoms. The number of ether oxygens (including phenoxy) is 1. The minimum absolute atomic E-state index is 0.816. The van der Waals surface area contributed by atoms with Gasteiger partial charge in [-0.05, 0) is 67.0 Å². The first-order chi connectivity index (χ1) is 17.8. The van der Waals surface area contributed by atoms with E-state index in [-0.39, 0.29) is 0 Å². The lowest BCUT2D eigenvalue weighted by Gasteiger charge is -2.28. The Morgan fingerprint density at radius 1 is 0.667 bits per heavy atom. The summed E-state index contributed by atoms with van der Waals surface area (Å²) in [7, 11) is 0. The summed E-state index contributed by atoms with van der Waals surface area (Å²) in [6.07, 6.45) is 26.9. The maximum absolute atomic E-state index is 5.91. The van der Waals surface area contributed by atoms with Gasteiger partial charge < -0.3 is 4.74 Å². The van der Waals surface area contributed by atoms with Crippen LogP contribution >= 0.6 is 0 Å². The van der Waals surface area contributed by atoms with Gasteiger partial charge in [-0.2, -0.15) is 0 Å². The molecule has 2 aromatic rings. The van der Waals surface area contributed by atoms with Gasteiger partial charge in [-0.25, -0.2) is 0 Å². The van der Waals surface area contributed by atoms with Crippen LogP contribution in [0.4, 0.5) is 0 Å². The molecule has 3 rings (SSSR count). The van der Waals surface area contributed by atoms with Gasteiger partial charge in [0.25, 0.3) is 0 Å². The molecule has 1 aliphatic rings. The highest BCUT2D eigenvalue weighted by molar-refractivity contribution is 5.60. The molecule has 1 saturated carbocycles. The largest absolute Gasteiger partial charge is 0.494 e. The van der Waals surface area contributed by atoms with Crippen LogP contribution in [0, 0.1) is 11.8 Å². The van der Waals surface area contributed by atoms with Crippen molar-refractivity contribution in [1.29, 1.82) is 0 Å². The molecule has 1 aromatic heterocycles. The van der Waals surface area contributed by atoms with Crippen LogP contribution in [-0.4, -0.2) is 11.6 Å². The summed E-state index contributed by atoms with van der Waals surface area (Å²) in [5.41, 5.74) is 3.61. The molecule has 0 unspecified atom stereocenters. The van der Waals surface area contributed by atoms with Crippen molar-refractivity contribution < 1.29 is 4.74 Å². The lowest BCUT2D eigenvalue weighted by molar-refractivity contribution is 0.248. The number of pyridine rings is 1. The molecule has 36 heavy (non-hydrogen) atoms. The second kappa shape index (κ2) is 17.6. The van der Waals surface area contributed by atoms with Gasteiger partial charge >= 0.3 is 0 Å². The van der Waals surface area contributed by atoms with Gasteiger partial charge in [0.15, 0.2) is 0 Å². The fourth-order valence-corrected chi connectivity index (χ4v) is 5.75. The molecular formula is C34H53NO. The molecule has 1 aliphatic carbocycles. The molecule has 0 radical (unpaired) electrons.